The van der Waals surface area contributed by atoms with Gasteiger partial charge >= 0.3 is 0 Å². The molecule has 0 unspecified atom stereocenters. The van der Waals surface area contributed by atoms with Crippen molar-refractivity contribution in [1.29, 1.82) is 0 Å². The normalized spacial score (nSPS) is 20.8. The van der Waals surface area contributed by atoms with Gasteiger partial charge in [0.15, 0.2) is 6.10 Å². The van der Waals surface area contributed by atoms with Crippen molar-refractivity contribution in [3.8, 4) is 5.75 Å². The van der Waals surface area contributed by atoms with Crippen molar-refractivity contribution in [2.45, 2.75) is 43.6 Å². The third-order valence-electron chi connectivity index (χ3n) is 5.55. The fourth-order valence-corrected chi connectivity index (χ4v) is 4.18. The Balaban J connectivity index is 1.46. The predicted molar refractivity (Wildman–Crippen MR) is 94.1 cm³/mol. The molecule has 1 saturated carbocycles. The zero-order chi connectivity index (χ0) is 17.3. The molecule has 0 spiro atoms. The molecular formula is C21H22FNO2. The summed E-state index contributed by atoms with van der Waals surface area (Å²) in [6, 6.07) is 14.7. The summed E-state index contributed by atoms with van der Waals surface area (Å²) in [5.74, 6) is 0.495. The number of fused-ring (bicyclic) bond motifs is 1. The van der Waals surface area contributed by atoms with Gasteiger partial charge in [0.1, 0.15) is 11.6 Å². The average Bonchev–Trinajstić information content (AvgIpc) is 3.27. The third-order valence-corrected chi connectivity index (χ3v) is 5.55. The summed E-state index contributed by atoms with van der Waals surface area (Å²) >= 11 is 0. The summed E-state index contributed by atoms with van der Waals surface area (Å²) in [7, 11) is 0. The molecule has 3 nitrogen and oxygen atoms in total. The minimum Gasteiger partial charge on any atom is -0.480 e. The van der Waals surface area contributed by atoms with Crippen LogP contribution in [0.3, 0.4) is 0 Å². The van der Waals surface area contributed by atoms with E-state index in [9.17, 15) is 9.18 Å². The monoisotopic (exact) mass is 339 g/mol. The number of amides is 1. The lowest BCUT2D eigenvalue weighted by Crippen LogP contribution is -2.44. The second kappa shape index (κ2) is 6.51. The number of nitrogens with one attached hydrogen (secondary N) is 1. The quantitative estimate of drug-likeness (QED) is 0.921. The Morgan fingerprint density at radius 3 is 2.60 bits per heavy atom. The number of ether oxygens (including phenoxy) is 1. The number of hydrogen-bond donors (Lipinski definition) is 1. The van der Waals surface area contributed by atoms with E-state index in [0.717, 1.165) is 42.6 Å². The molecule has 1 amide bonds. The Morgan fingerprint density at radius 2 is 1.84 bits per heavy atom. The molecule has 1 aliphatic carbocycles. The van der Waals surface area contributed by atoms with E-state index >= 15 is 0 Å². The summed E-state index contributed by atoms with van der Waals surface area (Å²) in [5, 5.41) is 3.04. The molecule has 130 valence electrons. The van der Waals surface area contributed by atoms with Crippen molar-refractivity contribution < 1.29 is 13.9 Å². The van der Waals surface area contributed by atoms with E-state index in [1.807, 2.05) is 36.4 Å². The van der Waals surface area contributed by atoms with Crippen molar-refractivity contribution in [1.82, 2.24) is 5.32 Å². The molecule has 1 fully saturated rings. The maximum Gasteiger partial charge on any atom is 0.261 e. The molecule has 2 aliphatic rings. The van der Waals surface area contributed by atoms with Crippen molar-refractivity contribution in [2.75, 3.05) is 6.54 Å². The molecular weight excluding hydrogens is 317 g/mol. The van der Waals surface area contributed by atoms with E-state index in [4.69, 9.17) is 4.74 Å². The van der Waals surface area contributed by atoms with Crippen molar-refractivity contribution in [2.24, 2.45) is 0 Å². The van der Waals surface area contributed by atoms with Gasteiger partial charge in [0, 0.05) is 18.4 Å². The second-order valence-electron chi connectivity index (χ2n) is 7.10. The Morgan fingerprint density at radius 1 is 1.12 bits per heavy atom. The Labute approximate surface area is 147 Å². The number of hydrogen-bond acceptors (Lipinski definition) is 2. The van der Waals surface area contributed by atoms with Crippen LogP contribution in [-0.4, -0.2) is 18.6 Å². The van der Waals surface area contributed by atoms with Gasteiger partial charge in [-0.25, -0.2) is 4.39 Å². The van der Waals surface area contributed by atoms with Crippen LogP contribution in [0.25, 0.3) is 0 Å². The van der Waals surface area contributed by atoms with Crippen LogP contribution in [0.1, 0.15) is 36.8 Å². The van der Waals surface area contributed by atoms with Gasteiger partial charge in [-0.2, -0.15) is 0 Å². The van der Waals surface area contributed by atoms with Crippen LogP contribution in [0.4, 0.5) is 4.39 Å². The smallest absolute Gasteiger partial charge is 0.261 e. The average molecular weight is 339 g/mol. The largest absolute Gasteiger partial charge is 0.480 e. The molecule has 1 aliphatic heterocycles. The van der Waals surface area contributed by atoms with Crippen molar-refractivity contribution in [3.63, 3.8) is 0 Å². The van der Waals surface area contributed by atoms with E-state index < -0.39 is 6.10 Å². The molecule has 0 aromatic heterocycles. The lowest BCUT2D eigenvalue weighted by molar-refractivity contribution is -0.127. The van der Waals surface area contributed by atoms with E-state index in [-0.39, 0.29) is 17.1 Å². The number of para-hydroxylation sites is 1. The molecule has 2 aromatic carbocycles. The van der Waals surface area contributed by atoms with Crippen LogP contribution in [-0.2, 0) is 16.6 Å². The molecule has 1 atom stereocenters. The maximum absolute atomic E-state index is 14.4. The van der Waals surface area contributed by atoms with Crippen LogP contribution in [0.15, 0.2) is 48.5 Å². The van der Waals surface area contributed by atoms with Crippen molar-refractivity contribution >= 4 is 5.91 Å². The fourth-order valence-electron chi connectivity index (χ4n) is 4.18. The van der Waals surface area contributed by atoms with Crippen LogP contribution >= 0.6 is 0 Å². The van der Waals surface area contributed by atoms with Gasteiger partial charge in [0.25, 0.3) is 5.91 Å². The molecule has 25 heavy (non-hydrogen) atoms. The molecule has 0 radical (unpaired) electrons. The second-order valence-corrected chi connectivity index (χ2v) is 7.10. The van der Waals surface area contributed by atoms with Gasteiger partial charge in [-0.3, -0.25) is 4.79 Å². The zero-order valence-corrected chi connectivity index (χ0v) is 14.1. The molecule has 4 rings (SSSR count). The van der Waals surface area contributed by atoms with Crippen LogP contribution in [0, 0.1) is 5.82 Å². The molecule has 4 heteroatoms. The Kier molecular flexibility index (Phi) is 4.20. The highest BCUT2D eigenvalue weighted by molar-refractivity contribution is 5.82. The van der Waals surface area contributed by atoms with Gasteiger partial charge < -0.3 is 10.1 Å². The highest BCUT2D eigenvalue weighted by Crippen LogP contribution is 2.41. The lowest BCUT2D eigenvalue weighted by Gasteiger charge is -2.30. The van der Waals surface area contributed by atoms with Crippen LogP contribution in [0.5, 0.6) is 5.75 Å². The van der Waals surface area contributed by atoms with E-state index in [2.05, 4.69) is 5.32 Å². The summed E-state index contributed by atoms with van der Waals surface area (Å²) < 4.78 is 20.1. The maximum atomic E-state index is 14.4. The van der Waals surface area contributed by atoms with Gasteiger partial charge in [-0.15, -0.1) is 0 Å². The fraction of sp³-hybridized carbons (Fsp3) is 0.381. The topological polar surface area (TPSA) is 38.3 Å². The first-order valence-corrected chi connectivity index (χ1v) is 8.95. The van der Waals surface area contributed by atoms with Crippen molar-refractivity contribution in [3.05, 3.63) is 65.5 Å². The van der Waals surface area contributed by atoms with Crippen LogP contribution < -0.4 is 10.1 Å². The first kappa shape index (κ1) is 16.1. The minimum absolute atomic E-state index is 0.112. The number of halogens is 1. The number of carbonyl (C=O) groups is 1. The number of rotatable bonds is 4. The van der Waals surface area contributed by atoms with E-state index in [1.54, 1.807) is 6.07 Å². The molecule has 1 heterocycles. The Bertz CT molecular complexity index is 758. The number of carbonyl (C=O) groups excluding carboxylic acids is 1. The highest BCUT2D eigenvalue weighted by atomic mass is 19.1. The minimum atomic E-state index is -0.489. The Hall–Kier alpha value is -2.36. The van der Waals surface area contributed by atoms with E-state index in [0.29, 0.717) is 13.0 Å². The van der Waals surface area contributed by atoms with Gasteiger partial charge in [-0.05, 0) is 36.1 Å². The van der Waals surface area contributed by atoms with Gasteiger partial charge in [0.05, 0.1) is 0 Å². The SMILES string of the molecule is O=C(NCC1(c2ccccc2F)CCCC1)[C@H]1Cc2ccccc2O1. The molecule has 2 aromatic rings. The van der Waals surface area contributed by atoms with Crippen LogP contribution in [0.2, 0.25) is 0 Å². The molecule has 0 bridgehead atoms. The highest BCUT2D eigenvalue weighted by Gasteiger charge is 2.39. The van der Waals surface area contributed by atoms with Gasteiger partial charge in [-0.1, -0.05) is 49.2 Å². The predicted octanol–water partition coefficient (Wildman–Crippen LogP) is 3.76. The third kappa shape index (κ3) is 3.01. The molecule has 0 saturated heterocycles. The van der Waals surface area contributed by atoms with Gasteiger partial charge in [0.2, 0.25) is 0 Å². The number of benzene rings is 2. The zero-order valence-electron chi connectivity index (χ0n) is 14.1. The summed E-state index contributed by atoms with van der Waals surface area (Å²) in [6.07, 6.45) is 4.04. The standard InChI is InChI=1S/C21H22FNO2/c22-17-9-3-2-8-16(17)21(11-5-6-12-21)14-23-20(24)19-13-15-7-1-4-10-18(15)25-19/h1-4,7-10,19H,5-6,11-14H2,(H,23,24)/t19-/m1/s1. The summed E-state index contributed by atoms with van der Waals surface area (Å²) in [5.41, 5.74) is 1.49. The van der Waals surface area contributed by atoms with E-state index in [1.165, 1.54) is 6.07 Å². The summed E-state index contributed by atoms with van der Waals surface area (Å²) in [4.78, 5) is 12.6. The first-order chi connectivity index (χ1) is 12.2. The molecule has 1 N–H and O–H groups in total. The lowest BCUT2D eigenvalue weighted by atomic mass is 9.78. The first-order valence-electron chi connectivity index (χ1n) is 8.95. The summed E-state index contributed by atoms with van der Waals surface area (Å²) in [6.45, 7) is 0.461.